The molecule has 0 atom stereocenters. The molecule has 1 N–H and O–H groups in total. The standard InChI is InChI=1S/C18H16O6/c1-21-11-3-5-13-17(8-11)23-9-15(18(13)20)14-7-12(24-10-19)4-6-16(14)22-2/h3-9,19H,10H2,1-2H3. The molecule has 0 aliphatic carbocycles. The molecule has 0 amide bonds. The van der Waals surface area contributed by atoms with E-state index in [1.807, 2.05) is 0 Å². The van der Waals surface area contributed by atoms with Crippen LogP contribution in [-0.4, -0.2) is 26.1 Å². The second-order valence-electron chi connectivity index (χ2n) is 4.98. The Morgan fingerprint density at radius 2 is 1.79 bits per heavy atom. The number of hydrogen-bond acceptors (Lipinski definition) is 6. The highest BCUT2D eigenvalue weighted by Crippen LogP contribution is 2.33. The molecule has 0 saturated heterocycles. The van der Waals surface area contributed by atoms with E-state index in [2.05, 4.69) is 0 Å². The first kappa shape index (κ1) is 15.9. The van der Waals surface area contributed by atoms with Crippen LogP contribution in [0.2, 0.25) is 0 Å². The summed E-state index contributed by atoms with van der Waals surface area (Å²) in [5.74, 6) is 1.53. The molecule has 0 radical (unpaired) electrons. The Morgan fingerprint density at radius 3 is 2.50 bits per heavy atom. The van der Waals surface area contributed by atoms with Gasteiger partial charge in [0.25, 0.3) is 0 Å². The smallest absolute Gasteiger partial charge is 0.200 e. The molecule has 0 unspecified atom stereocenters. The molecular formula is C18H16O6. The minimum atomic E-state index is -0.460. The number of benzene rings is 2. The molecule has 6 heteroatoms. The molecular weight excluding hydrogens is 312 g/mol. The lowest BCUT2D eigenvalue weighted by Gasteiger charge is -2.11. The van der Waals surface area contributed by atoms with Crippen molar-refractivity contribution < 1.29 is 23.7 Å². The first-order valence-electron chi connectivity index (χ1n) is 7.19. The van der Waals surface area contributed by atoms with Crippen molar-refractivity contribution in [3.63, 3.8) is 0 Å². The molecule has 6 nitrogen and oxygen atoms in total. The van der Waals surface area contributed by atoms with Gasteiger partial charge in [-0.25, -0.2) is 0 Å². The molecule has 0 saturated carbocycles. The SMILES string of the molecule is COc1ccc2c(=O)c(-c3cc(OCO)ccc3OC)coc2c1. The summed E-state index contributed by atoms with van der Waals surface area (Å²) in [5, 5.41) is 9.34. The van der Waals surface area contributed by atoms with Crippen LogP contribution in [0.4, 0.5) is 0 Å². The highest BCUT2D eigenvalue weighted by Gasteiger charge is 2.15. The van der Waals surface area contributed by atoms with Crippen molar-refractivity contribution in [1.29, 1.82) is 0 Å². The summed E-state index contributed by atoms with van der Waals surface area (Å²) in [6.45, 7) is -0.460. The summed E-state index contributed by atoms with van der Waals surface area (Å²) in [5.41, 5.74) is 1.10. The number of fused-ring (bicyclic) bond motifs is 1. The molecule has 24 heavy (non-hydrogen) atoms. The average molecular weight is 328 g/mol. The zero-order valence-electron chi connectivity index (χ0n) is 13.2. The van der Waals surface area contributed by atoms with Gasteiger partial charge < -0.3 is 23.7 Å². The van der Waals surface area contributed by atoms with Crippen molar-refractivity contribution in [3.8, 4) is 28.4 Å². The minimum Gasteiger partial charge on any atom is -0.497 e. The first-order valence-corrected chi connectivity index (χ1v) is 7.19. The van der Waals surface area contributed by atoms with Crippen molar-refractivity contribution in [2.24, 2.45) is 0 Å². The van der Waals surface area contributed by atoms with Crippen LogP contribution in [0, 0.1) is 0 Å². The van der Waals surface area contributed by atoms with Crippen LogP contribution >= 0.6 is 0 Å². The Labute approximate surface area is 137 Å². The number of rotatable bonds is 5. The van der Waals surface area contributed by atoms with E-state index in [0.29, 0.717) is 39.3 Å². The van der Waals surface area contributed by atoms with Crippen LogP contribution in [0.5, 0.6) is 17.2 Å². The fourth-order valence-corrected chi connectivity index (χ4v) is 2.48. The van der Waals surface area contributed by atoms with Crippen LogP contribution in [-0.2, 0) is 0 Å². The van der Waals surface area contributed by atoms with E-state index in [4.69, 9.17) is 23.7 Å². The largest absolute Gasteiger partial charge is 0.497 e. The maximum atomic E-state index is 12.8. The van der Waals surface area contributed by atoms with Crippen molar-refractivity contribution in [2.45, 2.75) is 0 Å². The van der Waals surface area contributed by atoms with Crippen molar-refractivity contribution >= 4 is 11.0 Å². The van der Waals surface area contributed by atoms with E-state index in [1.165, 1.54) is 13.4 Å². The van der Waals surface area contributed by atoms with Gasteiger partial charge in [-0.15, -0.1) is 0 Å². The van der Waals surface area contributed by atoms with Crippen LogP contribution in [0.1, 0.15) is 0 Å². The van der Waals surface area contributed by atoms with Crippen molar-refractivity contribution in [3.05, 3.63) is 52.9 Å². The van der Waals surface area contributed by atoms with Gasteiger partial charge in [-0.2, -0.15) is 0 Å². The van der Waals surface area contributed by atoms with E-state index in [-0.39, 0.29) is 5.43 Å². The lowest BCUT2D eigenvalue weighted by atomic mass is 10.0. The molecule has 3 aromatic rings. The summed E-state index contributed by atoms with van der Waals surface area (Å²) in [4.78, 5) is 12.8. The third kappa shape index (κ3) is 2.79. The summed E-state index contributed by atoms with van der Waals surface area (Å²) in [6.07, 6.45) is 1.38. The number of aliphatic hydroxyl groups is 1. The zero-order valence-corrected chi connectivity index (χ0v) is 13.2. The number of hydrogen-bond donors (Lipinski definition) is 1. The maximum absolute atomic E-state index is 12.8. The third-order valence-corrected chi connectivity index (χ3v) is 3.67. The fourth-order valence-electron chi connectivity index (χ4n) is 2.48. The predicted molar refractivity (Wildman–Crippen MR) is 88.7 cm³/mol. The average Bonchev–Trinajstić information content (AvgIpc) is 2.62. The van der Waals surface area contributed by atoms with E-state index in [0.717, 1.165) is 0 Å². The molecule has 0 spiro atoms. The van der Waals surface area contributed by atoms with Crippen LogP contribution in [0.25, 0.3) is 22.1 Å². The molecule has 2 aromatic carbocycles. The summed E-state index contributed by atoms with van der Waals surface area (Å²) >= 11 is 0. The highest BCUT2D eigenvalue weighted by atomic mass is 16.6. The number of methoxy groups -OCH3 is 2. The molecule has 0 aliphatic rings. The van der Waals surface area contributed by atoms with Crippen LogP contribution in [0.15, 0.2) is 51.9 Å². The Balaban J connectivity index is 2.20. The van der Waals surface area contributed by atoms with E-state index in [9.17, 15) is 4.79 Å². The van der Waals surface area contributed by atoms with Crippen LogP contribution in [0.3, 0.4) is 0 Å². The van der Waals surface area contributed by atoms with E-state index >= 15 is 0 Å². The van der Waals surface area contributed by atoms with Crippen molar-refractivity contribution in [1.82, 2.24) is 0 Å². The summed E-state index contributed by atoms with van der Waals surface area (Å²) < 4.78 is 21.1. The lowest BCUT2D eigenvalue weighted by Crippen LogP contribution is -2.06. The van der Waals surface area contributed by atoms with Gasteiger partial charge in [-0.05, 0) is 30.3 Å². The number of ether oxygens (including phenoxy) is 3. The van der Waals surface area contributed by atoms with Gasteiger partial charge >= 0.3 is 0 Å². The van der Waals surface area contributed by atoms with Gasteiger partial charge in [0.1, 0.15) is 29.1 Å². The second kappa shape index (κ2) is 6.64. The fraction of sp³-hybridized carbons (Fsp3) is 0.167. The minimum absolute atomic E-state index is 0.196. The predicted octanol–water partition coefficient (Wildman–Crippen LogP) is 2.81. The summed E-state index contributed by atoms with van der Waals surface area (Å²) in [7, 11) is 3.06. The van der Waals surface area contributed by atoms with Crippen molar-refractivity contribution in [2.75, 3.05) is 21.0 Å². The molecule has 1 heterocycles. The van der Waals surface area contributed by atoms with Gasteiger partial charge in [-0.1, -0.05) is 0 Å². The highest BCUT2D eigenvalue weighted by molar-refractivity contribution is 5.84. The maximum Gasteiger partial charge on any atom is 0.200 e. The lowest BCUT2D eigenvalue weighted by molar-refractivity contribution is 0.0985. The first-order chi connectivity index (χ1) is 11.7. The zero-order chi connectivity index (χ0) is 17.1. The van der Waals surface area contributed by atoms with Gasteiger partial charge in [0, 0.05) is 11.6 Å². The van der Waals surface area contributed by atoms with E-state index < -0.39 is 6.79 Å². The Bertz CT molecular complexity index is 928. The normalized spacial score (nSPS) is 10.6. The third-order valence-electron chi connectivity index (χ3n) is 3.67. The van der Waals surface area contributed by atoms with Gasteiger partial charge in [-0.3, -0.25) is 4.79 Å². The molecule has 124 valence electrons. The quantitative estimate of drug-likeness (QED) is 0.726. The molecule has 0 fully saturated rings. The van der Waals surface area contributed by atoms with Gasteiger partial charge in [0.15, 0.2) is 6.79 Å². The van der Waals surface area contributed by atoms with Crippen LogP contribution < -0.4 is 19.6 Å². The Morgan fingerprint density at radius 1 is 1.00 bits per heavy atom. The molecule has 0 bridgehead atoms. The van der Waals surface area contributed by atoms with E-state index in [1.54, 1.807) is 43.5 Å². The van der Waals surface area contributed by atoms with Gasteiger partial charge in [0.05, 0.1) is 25.2 Å². The monoisotopic (exact) mass is 328 g/mol. The summed E-state index contributed by atoms with van der Waals surface area (Å²) in [6, 6.07) is 9.94. The number of aliphatic hydroxyl groups excluding tert-OH is 1. The topological polar surface area (TPSA) is 78.1 Å². The van der Waals surface area contributed by atoms with Gasteiger partial charge in [0.2, 0.25) is 5.43 Å². The molecule has 1 aromatic heterocycles. The second-order valence-corrected chi connectivity index (χ2v) is 4.98. The molecule has 3 rings (SSSR count). The Hall–Kier alpha value is -2.99. The molecule has 0 aliphatic heterocycles. The Kier molecular flexibility index (Phi) is 4.39.